The molecule has 0 nitrogen and oxygen atoms in total. The van der Waals surface area contributed by atoms with Crippen molar-refractivity contribution >= 4 is 15.9 Å². The summed E-state index contributed by atoms with van der Waals surface area (Å²) in [5.41, 5.74) is 3.00. The Hall–Kier alpha value is -0.300. The largest absolute Gasteiger partial charge is 0.0921 e. The molecule has 16 heavy (non-hydrogen) atoms. The summed E-state index contributed by atoms with van der Waals surface area (Å²) < 4.78 is 0. The number of benzene rings is 1. The van der Waals surface area contributed by atoms with Crippen LogP contribution in [-0.4, -0.2) is 5.33 Å². The standard InChI is InChI=1S/C15H21Br/c1-3-11(2)12-4-6-13(7-5-12)15(10-16)14-8-9-14/h4-7,11,14-15H,3,8-10H2,1-2H3. The Morgan fingerprint density at radius 3 is 2.19 bits per heavy atom. The van der Waals surface area contributed by atoms with E-state index < -0.39 is 0 Å². The van der Waals surface area contributed by atoms with Gasteiger partial charge in [0.15, 0.2) is 0 Å². The summed E-state index contributed by atoms with van der Waals surface area (Å²) in [5.74, 6) is 2.37. The lowest BCUT2D eigenvalue weighted by Gasteiger charge is -2.15. The van der Waals surface area contributed by atoms with Gasteiger partial charge in [-0.25, -0.2) is 0 Å². The third kappa shape index (κ3) is 2.68. The van der Waals surface area contributed by atoms with Gasteiger partial charge in [-0.05, 0) is 48.1 Å². The molecule has 0 spiro atoms. The quantitative estimate of drug-likeness (QED) is 0.659. The van der Waals surface area contributed by atoms with Crippen LogP contribution in [0.15, 0.2) is 24.3 Å². The molecule has 0 aliphatic heterocycles. The van der Waals surface area contributed by atoms with Crippen LogP contribution >= 0.6 is 15.9 Å². The second-order valence-electron chi connectivity index (χ2n) is 5.07. The molecule has 2 rings (SSSR count). The molecule has 1 fully saturated rings. The van der Waals surface area contributed by atoms with E-state index in [1.54, 1.807) is 0 Å². The van der Waals surface area contributed by atoms with E-state index in [0.29, 0.717) is 5.92 Å². The molecule has 0 radical (unpaired) electrons. The van der Waals surface area contributed by atoms with E-state index in [1.807, 2.05) is 0 Å². The first-order valence-electron chi connectivity index (χ1n) is 6.42. The van der Waals surface area contributed by atoms with E-state index in [1.165, 1.54) is 30.4 Å². The topological polar surface area (TPSA) is 0 Å². The van der Waals surface area contributed by atoms with Crippen molar-refractivity contribution in [1.82, 2.24) is 0 Å². The minimum absolute atomic E-state index is 0.692. The van der Waals surface area contributed by atoms with Gasteiger partial charge in [-0.2, -0.15) is 0 Å². The Labute approximate surface area is 108 Å². The average Bonchev–Trinajstić information content (AvgIpc) is 3.14. The minimum atomic E-state index is 0.692. The van der Waals surface area contributed by atoms with Crippen LogP contribution in [0.5, 0.6) is 0 Å². The molecular weight excluding hydrogens is 260 g/mol. The molecule has 0 saturated heterocycles. The van der Waals surface area contributed by atoms with Gasteiger partial charge in [-0.1, -0.05) is 54.0 Å². The van der Waals surface area contributed by atoms with Crippen LogP contribution in [0.3, 0.4) is 0 Å². The predicted molar refractivity (Wildman–Crippen MR) is 74.4 cm³/mol. The molecule has 0 bridgehead atoms. The number of halogens is 1. The summed E-state index contributed by atoms with van der Waals surface area (Å²) in [6.45, 7) is 4.56. The molecule has 1 aromatic carbocycles. The molecule has 88 valence electrons. The van der Waals surface area contributed by atoms with Crippen molar-refractivity contribution in [2.45, 2.75) is 44.9 Å². The van der Waals surface area contributed by atoms with E-state index in [0.717, 1.165) is 17.2 Å². The fourth-order valence-corrected chi connectivity index (χ4v) is 3.20. The molecule has 2 unspecified atom stereocenters. The molecule has 1 aromatic rings. The number of alkyl halides is 1. The van der Waals surface area contributed by atoms with Gasteiger partial charge < -0.3 is 0 Å². The normalized spacial score (nSPS) is 19.4. The Morgan fingerprint density at radius 2 is 1.75 bits per heavy atom. The zero-order valence-corrected chi connectivity index (χ0v) is 11.8. The smallest absolute Gasteiger partial charge is 0.0103 e. The minimum Gasteiger partial charge on any atom is -0.0921 e. The highest BCUT2D eigenvalue weighted by atomic mass is 79.9. The van der Waals surface area contributed by atoms with Gasteiger partial charge in [0.1, 0.15) is 0 Å². The van der Waals surface area contributed by atoms with Gasteiger partial charge in [0, 0.05) is 5.33 Å². The molecular formula is C15H21Br. The Kier molecular flexibility index (Phi) is 4.07. The summed E-state index contributed by atoms with van der Waals surface area (Å²) >= 11 is 3.65. The fraction of sp³-hybridized carbons (Fsp3) is 0.600. The molecule has 0 heterocycles. The van der Waals surface area contributed by atoms with Gasteiger partial charge >= 0.3 is 0 Å². The van der Waals surface area contributed by atoms with Gasteiger partial charge in [-0.15, -0.1) is 0 Å². The first-order chi connectivity index (χ1) is 7.76. The number of hydrogen-bond donors (Lipinski definition) is 0. The predicted octanol–water partition coefficient (Wildman–Crippen LogP) is 5.09. The highest BCUT2D eigenvalue weighted by Gasteiger charge is 2.31. The summed E-state index contributed by atoms with van der Waals surface area (Å²) in [4.78, 5) is 0. The van der Waals surface area contributed by atoms with E-state index >= 15 is 0 Å². The maximum absolute atomic E-state index is 3.65. The average molecular weight is 281 g/mol. The molecule has 1 heteroatoms. The highest BCUT2D eigenvalue weighted by Crippen LogP contribution is 2.43. The first kappa shape index (κ1) is 12.2. The highest BCUT2D eigenvalue weighted by molar-refractivity contribution is 9.09. The molecule has 0 aromatic heterocycles. The maximum Gasteiger partial charge on any atom is 0.0103 e. The van der Waals surface area contributed by atoms with Crippen molar-refractivity contribution < 1.29 is 0 Å². The van der Waals surface area contributed by atoms with E-state index in [4.69, 9.17) is 0 Å². The van der Waals surface area contributed by atoms with Crippen LogP contribution < -0.4 is 0 Å². The lowest BCUT2D eigenvalue weighted by molar-refractivity contribution is 0.675. The molecule has 0 amide bonds. The van der Waals surface area contributed by atoms with Crippen molar-refractivity contribution in [2.24, 2.45) is 5.92 Å². The van der Waals surface area contributed by atoms with Gasteiger partial charge in [0.25, 0.3) is 0 Å². The monoisotopic (exact) mass is 280 g/mol. The lowest BCUT2D eigenvalue weighted by atomic mass is 9.92. The van der Waals surface area contributed by atoms with Gasteiger partial charge in [0.2, 0.25) is 0 Å². The van der Waals surface area contributed by atoms with Crippen LogP contribution in [0.1, 0.15) is 56.1 Å². The van der Waals surface area contributed by atoms with Crippen LogP contribution in [0, 0.1) is 5.92 Å². The van der Waals surface area contributed by atoms with Crippen molar-refractivity contribution in [3.05, 3.63) is 35.4 Å². The van der Waals surface area contributed by atoms with Crippen LogP contribution in [0.25, 0.3) is 0 Å². The number of hydrogen-bond acceptors (Lipinski definition) is 0. The van der Waals surface area contributed by atoms with Crippen molar-refractivity contribution in [2.75, 3.05) is 5.33 Å². The summed E-state index contributed by atoms with van der Waals surface area (Å²) in [6.07, 6.45) is 4.07. The Bertz CT molecular complexity index is 324. The summed E-state index contributed by atoms with van der Waals surface area (Å²) in [7, 11) is 0. The molecule has 2 atom stereocenters. The fourth-order valence-electron chi connectivity index (χ4n) is 2.29. The molecule has 1 aliphatic rings. The van der Waals surface area contributed by atoms with E-state index in [-0.39, 0.29) is 0 Å². The third-order valence-corrected chi connectivity index (χ3v) is 4.60. The van der Waals surface area contributed by atoms with Gasteiger partial charge in [-0.3, -0.25) is 0 Å². The second-order valence-corrected chi connectivity index (χ2v) is 5.72. The first-order valence-corrected chi connectivity index (χ1v) is 7.54. The zero-order valence-electron chi connectivity index (χ0n) is 10.2. The summed E-state index contributed by atoms with van der Waals surface area (Å²) in [6, 6.07) is 9.32. The third-order valence-electron chi connectivity index (χ3n) is 3.90. The van der Waals surface area contributed by atoms with Crippen LogP contribution in [-0.2, 0) is 0 Å². The maximum atomic E-state index is 3.65. The molecule has 1 saturated carbocycles. The summed E-state index contributed by atoms with van der Waals surface area (Å²) in [5, 5.41) is 1.11. The SMILES string of the molecule is CCC(C)c1ccc(C(CBr)C2CC2)cc1. The van der Waals surface area contributed by atoms with E-state index in [2.05, 4.69) is 54.0 Å². The van der Waals surface area contributed by atoms with Crippen LogP contribution in [0.4, 0.5) is 0 Å². The Morgan fingerprint density at radius 1 is 1.19 bits per heavy atom. The molecule has 1 aliphatic carbocycles. The van der Waals surface area contributed by atoms with Crippen molar-refractivity contribution in [3.8, 4) is 0 Å². The van der Waals surface area contributed by atoms with Crippen molar-refractivity contribution in [3.63, 3.8) is 0 Å². The van der Waals surface area contributed by atoms with Crippen LogP contribution in [0.2, 0.25) is 0 Å². The van der Waals surface area contributed by atoms with E-state index in [9.17, 15) is 0 Å². The molecule has 0 N–H and O–H groups in total. The Balaban J connectivity index is 2.11. The zero-order chi connectivity index (χ0) is 11.5. The van der Waals surface area contributed by atoms with Gasteiger partial charge in [0.05, 0.1) is 0 Å². The second kappa shape index (κ2) is 5.35. The van der Waals surface area contributed by atoms with Crippen molar-refractivity contribution in [1.29, 1.82) is 0 Å². The lowest BCUT2D eigenvalue weighted by Crippen LogP contribution is -2.03. The number of rotatable bonds is 5.